The molecule has 0 radical (unpaired) electrons. The Morgan fingerprint density at radius 1 is 0.800 bits per heavy atom. The van der Waals surface area contributed by atoms with Crippen molar-refractivity contribution in [2.75, 3.05) is 13.7 Å². The van der Waals surface area contributed by atoms with Crippen molar-refractivity contribution >= 4 is 11.9 Å². The van der Waals surface area contributed by atoms with Crippen molar-refractivity contribution in [1.29, 1.82) is 0 Å². The molecule has 2 aliphatic carbocycles. The summed E-state index contributed by atoms with van der Waals surface area (Å²) in [5, 5.41) is 9.53. The summed E-state index contributed by atoms with van der Waals surface area (Å²) < 4.78 is 10.9. The standard InChI is InChI=1S/C35H50O5/c1-39-31-20-18-30(19-21-31)22-29-40-33(38)35(27-16-17-28-35)26-13-11-9-7-5-3-2-4-6-8-10-12-23-34(32(36)37)24-14-15-25-34/h2-3,14,16,18-21,24,27H,4-13,15,17,22-23,25-26,28-29H2,1H3,(H,36,37)/b3-2-. The van der Waals surface area contributed by atoms with Crippen LogP contribution >= 0.6 is 0 Å². The van der Waals surface area contributed by atoms with E-state index in [1.807, 2.05) is 36.4 Å². The smallest absolute Gasteiger partial charge is 0.315 e. The van der Waals surface area contributed by atoms with Crippen LogP contribution in [0.25, 0.3) is 0 Å². The van der Waals surface area contributed by atoms with E-state index in [9.17, 15) is 14.7 Å². The van der Waals surface area contributed by atoms with Crippen molar-refractivity contribution in [3.63, 3.8) is 0 Å². The highest BCUT2D eigenvalue weighted by Crippen LogP contribution is 2.39. The third-order valence-corrected chi connectivity index (χ3v) is 8.66. The Bertz CT molecular complexity index is 992. The van der Waals surface area contributed by atoms with Crippen LogP contribution in [0.4, 0.5) is 0 Å². The molecule has 0 saturated heterocycles. The summed E-state index contributed by atoms with van der Waals surface area (Å²) in [4.78, 5) is 24.6. The number of hydrogen-bond acceptors (Lipinski definition) is 4. The Morgan fingerprint density at radius 3 is 1.88 bits per heavy atom. The zero-order valence-corrected chi connectivity index (χ0v) is 24.6. The number of carbonyl (C=O) groups is 2. The topological polar surface area (TPSA) is 72.8 Å². The van der Waals surface area contributed by atoms with Gasteiger partial charge in [0.05, 0.1) is 24.5 Å². The highest BCUT2D eigenvalue weighted by atomic mass is 16.5. The minimum Gasteiger partial charge on any atom is -0.497 e. The lowest BCUT2D eigenvalue weighted by atomic mass is 9.82. The molecule has 40 heavy (non-hydrogen) atoms. The van der Waals surface area contributed by atoms with Crippen LogP contribution in [0.1, 0.15) is 108 Å². The summed E-state index contributed by atoms with van der Waals surface area (Å²) in [5.41, 5.74) is 0.124. The normalized spacial score (nSPS) is 21.8. The number of hydrogen-bond donors (Lipinski definition) is 1. The lowest BCUT2D eigenvalue weighted by Crippen LogP contribution is -2.30. The monoisotopic (exact) mass is 550 g/mol. The van der Waals surface area contributed by atoms with Crippen LogP contribution in [0.5, 0.6) is 5.75 Å². The molecule has 2 atom stereocenters. The van der Waals surface area contributed by atoms with Gasteiger partial charge in [-0.1, -0.05) is 87.1 Å². The Balaban J connectivity index is 1.19. The lowest BCUT2D eigenvalue weighted by molar-refractivity contribution is -0.153. The molecule has 0 heterocycles. The van der Waals surface area contributed by atoms with Gasteiger partial charge < -0.3 is 14.6 Å². The number of aliphatic carboxylic acids is 1. The molecule has 220 valence electrons. The molecular weight excluding hydrogens is 500 g/mol. The summed E-state index contributed by atoms with van der Waals surface area (Å²) in [5.74, 6) is 0.118. The molecule has 0 spiro atoms. The maximum Gasteiger partial charge on any atom is 0.315 e. The van der Waals surface area contributed by atoms with Crippen LogP contribution in [-0.4, -0.2) is 30.8 Å². The second kappa shape index (κ2) is 17.1. The SMILES string of the molecule is COc1ccc(CCOC(=O)C2(CCCCCC/C=C\CCCCCCC3(C(=O)O)C=CCC3)C=CCC2)cc1. The molecule has 0 bridgehead atoms. The Labute approximate surface area is 241 Å². The average molecular weight is 551 g/mol. The molecule has 1 aromatic rings. The molecule has 1 aromatic carbocycles. The first-order valence-electron chi connectivity index (χ1n) is 15.5. The quantitative estimate of drug-likeness (QED) is 0.0998. The molecule has 2 aliphatic rings. The number of unbranched alkanes of at least 4 members (excludes halogenated alkanes) is 8. The van der Waals surface area contributed by atoms with Gasteiger partial charge in [-0.3, -0.25) is 9.59 Å². The molecule has 0 aliphatic heterocycles. The van der Waals surface area contributed by atoms with Crippen LogP contribution in [-0.2, 0) is 20.7 Å². The van der Waals surface area contributed by atoms with Gasteiger partial charge in [-0.2, -0.15) is 0 Å². The molecule has 5 heteroatoms. The molecule has 0 aromatic heterocycles. The van der Waals surface area contributed by atoms with Gasteiger partial charge in [-0.15, -0.1) is 0 Å². The summed E-state index contributed by atoms with van der Waals surface area (Å²) in [6.07, 6.45) is 29.9. The maximum absolute atomic E-state index is 13.0. The minimum atomic E-state index is -0.654. The number of ether oxygens (including phenoxy) is 2. The van der Waals surface area contributed by atoms with E-state index in [0.29, 0.717) is 13.0 Å². The van der Waals surface area contributed by atoms with Gasteiger partial charge in [0.2, 0.25) is 0 Å². The van der Waals surface area contributed by atoms with Crippen LogP contribution in [0.15, 0.2) is 60.7 Å². The maximum atomic E-state index is 13.0. The van der Waals surface area contributed by atoms with Crippen molar-refractivity contribution in [2.45, 2.75) is 109 Å². The van der Waals surface area contributed by atoms with Crippen molar-refractivity contribution in [3.8, 4) is 5.75 Å². The van der Waals surface area contributed by atoms with Gasteiger partial charge in [0, 0.05) is 6.42 Å². The number of carboxylic acids is 1. The number of esters is 1. The number of benzene rings is 1. The molecule has 1 N–H and O–H groups in total. The fourth-order valence-electron chi connectivity index (χ4n) is 5.99. The first-order valence-corrected chi connectivity index (χ1v) is 15.5. The van der Waals surface area contributed by atoms with E-state index in [0.717, 1.165) is 88.4 Å². The van der Waals surface area contributed by atoms with Gasteiger partial charge in [-0.25, -0.2) is 0 Å². The molecule has 2 unspecified atom stereocenters. The molecule has 5 nitrogen and oxygen atoms in total. The van der Waals surface area contributed by atoms with Crippen molar-refractivity contribution in [3.05, 3.63) is 66.3 Å². The predicted octanol–water partition coefficient (Wildman–Crippen LogP) is 8.78. The third kappa shape index (κ3) is 9.98. The fraction of sp³-hybridized carbons (Fsp3) is 0.600. The zero-order valence-electron chi connectivity index (χ0n) is 24.6. The van der Waals surface area contributed by atoms with E-state index < -0.39 is 16.8 Å². The largest absolute Gasteiger partial charge is 0.497 e. The predicted molar refractivity (Wildman–Crippen MR) is 161 cm³/mol. The molecule has 0 fully saturated rings. The highest BCUT2D eigenvalue weighted by Gasteiger charge is 2.39. The number of carbonyl (C=O) groups excluding carboxylic acids is 1. The van der Waals surface area contributed by atoms with E-state index in [4.69, 9.17) is 9.47 Å². The highest BCUT2D eigenvalue weighted by molar-refractivity contribution is 5.79. The van der Waals surface area contributed by atoms with Gasteiger partial charge in [0.1, 0.15) is 5.75 Å². The van der Waals surface area contributed by atoms with Gasteiger partial charge >= 0.3 is 11.9 Å². The summed E-state index contributed by atoms with van der Waals surface area (Å²) in [6.45, 7) is 0.413. The molecule has 0 saturated carbocycles. The summed E-state index contributed by atoms with van der Waals surface area (Å²) >= 11 is 0. The third-order valence-electron chi connectivity index (χ3n) is 8.66. The molecule has 0 amide bonds. The second-order valence-corrected chi connectivity index (χ2v) is 11.6. The number of allylic oxidation sites excluding steroid dienone is 4. The van der Waals surface area contributed by atoms with E-state index >= 15 is 0 Å². The lowest BCUT2D eigenvalue weighted by Gasteiger charge is -2.25. The van der Waals surface area contributed by atoms with Crippen LogP contribution in [0, 0.1) is 10.8 Å². The number of methoxy groups -OCH3 is 1. The number of rotatable bonds is 20. The summed E-state index contributed by atoms with van der Waals surface area (Å²) in [6, 6.07) is 7.91. The summed E-state index contributed by atoms with van der Waals surface area (Å²) in [7, 11) is 1.66. The Hall–Kier alpha value is -2.82. The first-order chi connectivity index (χ1) is 19.5. The van der Waals surface area contributed by atoms with E-state index in [-0.39, 0.29) is 5.97 Å². The van der Waals surface area contributed by atoms with E-state index in [1.165, 1.54) is 25.7 Å². The van der Waals surface area contributed by atoms with E-state index in [2.05, 4.69) is 24.3 Å². The Kier molecular flexibility index (Phi) is 13.5. The minimum absolute atomic E-state index is 0.0607. The molecule has 3 rings (SSSR count). The van der Waals surface area contributed by atoms with Crippen LogP contribution in [0.2, 0.25) is 0 Å². The van der Waals surface area contributed by atoms with Gasteiger partial charge in [0.25, 0.3) is 0 Å². The first kappa shape index (κ1) is 31.7. The van der Waals surface area contributed by atoms with Crippen LogP contribution in [0.3, 0.4) is 0 Å². The Morgan fingerprint density at radius 2 is 1.35 bits per heavy atom. The van der Waals surface area contributed by atoms with Gasteiger partial charge in [-0.05, 0) is 81.9 Å². The van der Waals surface area contributed by atoms with Crippen molar-refractivity contribution in [2.24, 2.45) is 10.8 Å². The second-order valence-electron chi connectivity index (χ2n) is 11.6. The van der Waals surface area contributed by atoms with E-state index in [1.54, 1.807) is 7.11 Å². The van der Waals surface area contributed by atoms with Gasteiger partial charge in [0.15, 0.2) is 0 Å². The van der Waals surface area contributed by atoms with Crippen LogP contribution < -0.4 is 4.74 Å². The number of carboxylic acid groups (broad SMARTS) is 1. The fourth-order valence-corrected chi connectivity index (χ4v) is 5.99. The van der Waals surface area contributed by atoms with Crippen molar-refractivity contribution in [1.82, 2.24) is 0 Å². The molecular formula is C35H50O5. The van der Waals surface area contributed by atoms with Crippen molar-refractivity contribution < 1.29 is 24.2 Å². The average Bonchev–Trinajstić information content (AvgIpc) is 3.65. The zero-order chi connectivity index (χ0) is 28.5.